The maximum Gasteiger partial charge on any atom is 0.389 e. The molecule has 2 rings (SSSR count). The first-order valence-electron chi connectivity index (χ1n) is 16.1. The number of hydrogen-bond acceptors (Lipinski definition) is 6. The Balaban J connectivity index is 2.22. The molecule has 266 valence electrons. The highest BCUT2D eigenvalue weighted by Crippen LogP contribution is 2.28. The van der Waals surface area contributed by atoms with Crippen LogP contribution in [0, 0.1) is 10.8 Å². The highest BCUT2D eigenvalue weighted by molar-refractivity contribution is 6.38. The highest BCUT2D eigenvalue weighted by atomic mass is 19.4. The molecule has 2 aliphatic rings. The minimum atomic E-state index is -4.64. The molecular formula is C32H51F3N6O6. The van der Waals surface area contributed by atoms with Crippen LogP contribution in [0.1, 0.15) is 86.5 Å². The molecule has 0 aromatic heterocycles. The number of Topliss-reactive ketones (excluding diaryl/α,β-unsaturated/α-hetero) is 1. The Hall–Kier alpha value is -3.65. The number of amides is 6. The second-order valence-electron chi connectivity index (χ2n) is 14.4. The minimum absolute atomic E-state index is 0.0218. The number of halogens is 3. The van der Waals surface area contributed by atoms with Crippen molar-refractivity contribution < 1.29 is 41.9 Å². The Morgan fingerprint density at radius 3 is 2.15 bits per heavy atom. The van der Waals surface area contributed by atoms with Crippen LogP contribution in [0.15, 0.2) is 12.7 Å². The summed E-state index contributed by atoms with van der Waals surface area (Å²) >= 11 is 0. The molecule has 0 bridgehead atoms. The normalized spacial score (nSPS) is 19.3. The summed E-state index contributed by atoms with van der Waals surface area (Å²) in [6.07, 6.45) is -2.92. The molecule has 2 heterocycles. The summed E-state index contributed by atoms with van der Waals surface area (Å²) in [6, 6.07) is -5.09. The average Bonchev–Trinajstić information content (AvgIpc) is 3.45. The van der Waals surface area contributed by atoms with E-state index in [-0.39, 0.29) is 25.4 Å². The average molecular weight is 673 g/mol. The predicted molar refractivity (Wildman–Crippen MR) is 169 cm³/mol. The van der Waals surface area contributed by atoms with E-state index in [0.717, 1.165) is 12.8 Å². The molecule has 4 atom stereocenters. The second-order valence-corrected chi connectivity index (χ2v) is 14.4. The Morgan fingerprint density at radius 1 is 0.936 bits per heavy atom. The van der Waals surface area contributed by atoms with Gasteiger partial charge in [-0.15, -0.1) is 6.58 Å². The molecule has 6 amide bonds. The third-order valence-corrected chi connectivity index (χ3v) is 8.38. The zero-order chi connectivity index (χ0) is 35.7. The predicted octanol–water partition coefficient (Wildman–Crippen LogP) is 2.82. The lowest BCUT2D eigenvalue weighted by Gasteiger charge is -2.39. The van der Waals surface area contributed by atoms with E-state index in [2.05, 4.69) is 27.8 Å². The summed E-state index contributed by atoms with van der Waals surface area (Å²) in [5, 5.41) is 10.2. The zero-order valence-corrected chi connectivity index (χ0v) is 28.3. The largest absolute Gasteiger partial charge is 0.389 e. The van der Waals surface area contributed by atoms with E-state index in [9.17, 15) is 41.9 Å². The third kappa shape index (κ3) is 12.1. The van der Waals surface area contributed by atoms with Gasteiger partial charge in [0.15, 0.2) is 0 Å². The van der Waals surface area contributed by atoms with Gasteiger partial charge in [-0.25, -0.2) is 4.79 Å². The van der Waals surface area contributed by atoms with Gasteiger partial charge in [-0.05, 0) is 42.9 Å². The Kier molecular flexibility index (Phi) is 13.8. The van der Waals surface area contributed by atoms with E-state index in [1.54, 1.807) is 25.7 Å². The molecule has 0 aliphatic carbocycles. The monoisotopic (exact) mass is 672 g/mol. The van der Waals surface area contributed by atoms with E-state index in [1.807, 2.05) is 20.8 Å². The third-order valence-electron chi connectivity index (χ3n) is 8.38. The van der Waals surface area contributed by atoms with Crippen LogP contribution in [0.2, 0.25) is 0 Å². The number of likely N-dealkylation sites (tertiary alicyclic amines) is 2. The number of alkyl halides is 3. The molecule has 0 radical (unpaired) electrons. The lowest BCUT2D eigenvalue weighted by atomic mass is 9.85. The lowest BCUT2D eigenvalue weighted by Crippen LogP contribution is -2.62. The standard InChI is InChI=1S/C32H51F3N6O6/c1-8-16-36-27(45)24(43)20(14-15-32(33,34)35)37-26(44)21-12-11-18-41(21)28(46)25(31(5,6)7)39-29(47)38-22(30(2,3)4)19-40-17-10-9-13-23(40)42/h8,20-22,25H,1,9-19H2,2-7H3,(H,36,45)(H,37,44)(H2,38,39,47)/t20?,21-,22+,25+/m0/s1. The fraction of sp³-hybridized carbons (Fsp3) is 0.750. The van der Waals surface area contributed by atoms with E-state index in [4.69, 9.17) is 0 Å². The molecule has 2 aliphatic heterocycles. The summed E-state index contributed by atoms with van der Waals surface area (Å²) in [6.45, 7) is 15.4. The lowest BCUT2D eigenvalue weighted by molar-refractivity contribution is -0.147. The molecule has 47 heavy (non-hydrogen) atoms. The topological polar surface area (TPSA) is 157 Å². The molecule has 0 aromatic carbocycles. The molecule has 0 spiro atoms. The Morgan fingerprint density at radius 2 is 1.60 bits per heavy atom. The van der Waals surface area contributed by atoms with Crippen LogP contribution in [-0.4, -0.2) is 102 Å². The van der Waals surface area contributed by atoms with Crippen molar-refractivity contribution in [1.29, 1.82) is 0 Å². The van der Waals surface area contributed by atoms with Gasteiger partial charge >= 0.3 is 12.2 Å². The summed E-state index contributed by atoms with van der Waals surface area (Å²) in [4.78, 5) is 81.1. The molecule has 1 unspecified atom stereocenters. The van der Waals surface area contributed by atoms with E-state index in [0.29, 0.717) is 25.9 Å². The maximum absolute atomic E-state index is 13.9. The first-order chi connectivity index (χ1) is 21.7. The van der Waals surface area contributed by atoms with Crippen LogP contribution in [0.3, 0.4) is 0 Å². The molecule has 4 N–H and O–H groups in total. The van der Waals surface area contributed by atoms with Gasteiger partial charge in [0, 0.05) is 39.0 Å². The summed E-state index contributed by atoms with van der Waals surface area (Å²) < 4.78 is 39.1. The van der Waals surface area contributed by atoms with Crippen molar-refractivity contribution >= 4 is 35.4 Å². The maximum atomic E-state index is 13.9. The fourth-order valence-corrected chi connectivity index (χ4v) is 5.51. The summed E-state index contributed by atoms with van der Waals surface area (Å²) in [7, 11) is 0. The van der Waals surface area contributed by atoms with E-state index < -0.39 is 83.6 Å². The van der Waals surface area contributed by atoms with Crippen molar-refractivity contribution in [2.45, 2.75) is 117 Å². The van der Waals surface area contributed by atoms with Crippen LogP contribution in [0.25, 0.3) is 0 Å². The number of nitrogens with one attached hydrogen (secondary N) is 4. The molecule has 0 aromatic rings. The van der Waals surface area contributed by atoms with Crippen molar-refractivity contribution in [3.05, 3.63) is 12.7 Å². The number of piperidine rings is 1. The Labute approximate surface area is 275 Å². The van der Waals surface area contributed by atoms with Gasteiger partial charge in [0.25, 0.3) is 5.91 Å². The molecule has 12 nitrogen and oxygen atoms in total. The van der Waals surface area contributed by atoms with Crippen LogP contribution >= 0.6 is 0 Å². The molecule has 2 saturated heterocycles. The van der Waals surface area contributed by atoms with Gasteiger partial charge in [-0.2, -0.15) is 13.2 Å². The smallest absolute Gasteiger partial charge is 0.346 e. The summed E-state index contributed by atoms with van der Waals surface area (Å²) in [5.74, 6) is -3.84. The first kappa shape index (κ1) is 39.5. The number of ketones is 1. The second kappa shape index (κ2) is 16.4. The van der Waals surface area contributed by atoms with Gasteiger partial charge in [0.2, 0.25) is 23.5 Å². The number of carbonyl (C=O) groups is 6. The van der Waals surface area contributed by atoms with E-state index in [1.165, 1.54) is 11.0 Å². The highest BCUT2D eigenvalue weighted by Gasteiger charge is 2.44. The summed E-state index contributed by atoms with van der Waals surface area (Å²) in [5.41, 5.74) is -1.26. The zero-order valence-electron chi connectivity index (χ0n) is 28.3. The van der Waals surface area contributed by atoms with Crippen molar-refractivity contribution in [3.8, 4) is 0 Å². The first-order valence-corrected chi connectivity index (χ1v) is 16.1. The van der Waals surface area contributed by atoms with E-state index >= 15 is 0 Å². The van der Waals surface area contributed by atoms with Gasteiger partial charge < -0.3 is 31.1 Å². The number of nitrogens with zero attached hydrogens (tertiary/aromatic N) is 2. The van der Waals surface area contributed by atoms with Gasteiger partial charge in [-0.1, -0.05) is 47.6 Å². The molecule has 2 fully saturated rings. The van der Waals surface area contributed by atoms with Crippen molar-refractivity contribution in [2.75, 3.05) is 26.2 Å². The molecular weight excluding hydrogens is 621 g/mol. The molecule has 0 saturated carbocycles. The van der Waals surface area contributed by atoms with Gasteiger partial charge in [0.1, 0.15) is 12.1 Å². The quantitative estimate of drug-likeness (QED) is 0.174. The number of carbonyl (C=O) groups excluding carboxylic acids is 6. The van der Waals surface area contributed by atoms with Crippen molar-refractivity contribution in [3.63, 3.8) is 0 Å². The van der Waals surface area contributed by atoms with Gasteiger partial charge in [-0.3, -0.25) is 24.0 Å². The number of hydrogen-bond donors (Lipinski definition) is 4. The molecule has 15 heteroatoms. The SMILES string of the molecule is C=CCNC(=O)C(=O)C(CCC(F)(F)F)NC(=O)[C@@H]1CCCN1C(=O)[C@@H](NC(=O)N[C@H](CN1CCCCC1=O)C(C)(C)C)C(C)(C)C. The van der Waals surface area contributed by atoms with Crippen LogP contribution in [-0.2, 0) is 24.0 Å². The fourth-order valence-electron chi connectivity index (χ4n) is 5.51. The van der Waals surface area contributed by atoms with Crippen LogP contribution < -0.4 is 21.3 Å². The van der Waals surface area contributed by atoms with Crippen LogP contribution in [0.4, 0.5) is 18.0 Å². The Bertz CT molecular complexity index is 1180. The number of rotatable bonds is 13. The van der Waals surface area contributed by atoms with Gasteiger partial charge in [0.05, 0.1) is 12.1 Å². The number of urea groups is 1. The van der Waals surface area contributed by atoms with Crippen molar-refractivity contribution in [1.82, 2.24) is 31.1 Å². The van der Waals surface area contributed by atoms with Crippen molar-refractivity contribution in [2.24, 2.45) is 10.8 Å². The minimum Gasteiger partial charge on any atom is -0.346 e. The van der Waals surface area contributed by atoms with Crippen LogP contribution in [0.5, 0.6) is 0 Å².